The number of aromatic nitrogens is 4. The third-order valence-corrected chi connectivity index (χ3v) is 3.07. The number of hydrogen-bond donors (Lipinski definition) is 1. The molecular weight excluding hydrogens is 238 g/mol. The van der Waals surface area contributed by atoms with Gasteiger partial charge in [0.2, 0.25) is 0 Å². The van der Waals surface area contributed by atoms with E-state index in [1.54, 1.807) is 4.68 Å². The zero-order chi connectivity index (χ0) is 13.5. The Hall–Kier alpha value is -1.75. The SMILES string of the molecule is CCNC(CCc1ccccn1)Cc1cn(C)nn1. The molecule has 0 saturated heterocycles. The van der Waals surface area contributed by atoms with Crippen molar-refractivity contribution < 1.29 is 0 Å². The quantitative estimate of drug-likeness (QED) is 0.816. The van der Waals surface area contributed by atoms with E-state index >= 15 is 0 Å². The van der Waals surface area contributed by atoms with Crippen molar-refractivity contribution in [2.24, 2.45) is 7.05 Å². The lowest BCUT2D eigenvalue weighted by molar-refractivity contribution is 0.484. The third kappa shape index (κ3) is 4.44. The van der Waals surface area contributed by atoms with Gasteiger partial charge in [-0.3, -0.25) is 9.67 Å². The Balaban J connectivity index is 1.89. The Morgan fingerprint density at radius 1 is 1.32 bits per heavy atom. The van der Waals surface area contributed by atoms with Gasteiger partial charge in [0, 0.05) is 37.6 Å². The molecule has 0 aliphatic carbocycles. The van der Waals surface area contributed by atoms with Crippen LogP contribution >= 0.6 is 0 Å². The Kier molecular flexibility index (Phi) is 5.03. The number of hydrogen-bond acceptors (Lipinski definition) is 4. The Labute approximate surface area is 114 Å². The molecule has 2 aromatic heterocycles. The largest absolute Gasteiger partial charge is 0.314 e. The van der Waals surface area contributed by atoms with Gasteiger partial charge in [0.15, 0.2) is 0 Å². The molecule has 0 saturated carbocycles. The maximum atomic E-state index is 4.36. The number of nitrogens with zero attached hydrogens (tertiary/aromatic N) is 4. The van der Waals surface area contributed by atoms with Crippen molar-refractivity contribution in [3.63, 3.8) is 0 Å². The van der Waals surface area contributed by atoms with E-state index in [1.807, 2.05) is 31.6 Å². The van der Waals surface area contributed by atoms with Crippen molar-refractivity contribution in [3.05, 3.63) is 42.0 Å². The predicted molar refractivity (Wildman–Crippen MR) is 74.7 cm³/mol. The van der Waals surface area contributed by atoms with Crippen molar-refractivity contribution in [2.45, 2.75) is 32.2 Å². The van der Waals surface area contributed by atoms with Crippen LogP contribution in [0.5, 0.6) is 0 Å². The minimum Gasteiger partial charge on any atom is -0.314 e. The monoisotopic (exact) mass is 259 g/mol. The molecule has 5 heteroatoms. The average Bonchev–Trinajstić information content (AvgIpc) is 2.83. The van der Waals surface area contributed by atoms with Crippen LogP contribution in [0.4, 0.5) is 0 Å². The molecule has 0 amide bonds. The highest BCUT2D eigenvalue weighted by atomic mass is 15.4. The Morgan fingerprint density at radius 2 is 2.21 bits per heavy atom. The first-order valence-corrected chi connectivity index (χ1v) is 6.76. The summed E-state index contributed by atoms with van der Waals surface area (Å²) in [4.78, 5) is 4.36. The lowest BCUT2D eigenvalue weighted by Gasteiger charge is -2.16. The van der Waals surface area contributed by atoms with E-state index in [2.05, 4.69) is 33.6 Å². The molecule has 19 heavy (non-hydrogen) atoms. The average molecular weight is 259 g/mol. The first-order chi connectivity index (χ1) is 9.28. The zero-order valence-corrected chi connectivity index (χ0v) is 11.6. The van der Waals surface area contributed by atoms with Crippen LogP contribution in [0.2, 0.25) is 0 Å². The molecule has 0 aliphatic rings. The fourth-order valence-electron chi connectivity index (χ4n) is 2.17. The molecule has 5 nitrogen and oxygen atoms in total. The summed E-state index contributed by atoms with van der Waals surface area (Å²) in [5, 5.41) is 11.6. The van der Waals surface area contributed by atoms with Gasteiger partial charge in [0.1, 0.15) is 0 Å². The van der Waals surface area contributed by atoms with E-state index in [0.29, 0.717) is 6.04 Å². The summed E-state index contributed by atoms with van der Waals surface area (Å²) in [5.41, 5.74) is 2.18. The molecular formula is C14H21N5. The lowest BCUT2D eigenvalue weighted by atomic mass is 10.0. The van der Waals surface area contributed by atoms with Gasteiger partial charge < -0.3 is 5.32 Å². The highest BCUT2D eigenvalue weighted by Crippen LogP contribution is 2.07. The van der Waals surface area contributed by atoms with E-state index in [0.717, 1.165) is 37.2 Å². The zero-order valence-electron chi connectivity index (χ0n) is 11.6. The summed E-state index contributed by atoms with van der Waals surface area (Å²) in [6, 6.07) is 6.48. The summed E-state index contributed by atoms with van der Waals surface area (Å²) < 4.78 is 1.75. The molecule has 102 valence electrons. The highest BCUT2D eigenvalue weighted by Gasteiger charge is 2.11. The molecule has 2 heterocycles. The van der Waals surface area contributed by atoms with Crippen LogP contribution in [-0.2, 0) is 19.9 Å². The van der Waals surface area contributed by atoms with Crippen LogP contribution in [0.25, 0.3) is 0 Å². The highest BCUT2D eigenvalue weighted by molar-refractivity contribution is 5.04. The number of nitrogens with one attached hydrogen (secondary N) is 1. The van der Waals surface area contributed by atoms with Crippen molar-refractivity contribution in [2.75, 3.05) is 6.54 Å². The fraction of sp³-hybridized carbons (Fsp3) is 0.500. The number of likely N-dealkylation sites (N-methyl/N-ethyl adjacent to an activating group) is 1. The lowest BCUT2D eigenvalue weighted by Crippen LogP contribution is -2.31. The molecule has 0 spiro atoms. The first-order valence-electron chi connectivity index (χ1n) is 6.76. The van der Waals surface area contributed by atoms with Gasteiger partial charge in [-0.2, -0.15) is 0 Å². The van der Waals surface area contributed by atoms with Gasteiger partial charge >= 0.3 is 0 Å². The first kappa shape index (κ1) is 13.7. The smallest absolute Gasteiger partial charge is 0.0842 e. The summed E-state index contributed by atoms with van der Waals surface area (Å²) in [5.74, 6) is 0. The van der Waals surface area contributed by atoms with Gasteiger partial charge in [-0.05, 0) is 31.5 Å². The predicted octanol–water partition coefficient (Wildman–Crippen LogP) is 1.36. The molecule has 0 bridgehead atoms. The van der Waals surface area contributed by atoms with Crippen molar-refractivity contribution in [1.82, 2.24) is 25.3 Å². The molecule has 1 N–H and O–H groups in total. The molecule has 2 rings (SSSR count). The van der Waals surface area contributed by atoms with E-state index in [4.69, 9.17) is 0 Å². The summed E-state index contributed by atoms with van der Waals surface area (Å²) in [7, 11) is 1.90. The second-order valence-corrected chi connectivity index (χ2v) is 4.70. The van der Waals surface area contributed by atoms with Crippen molar-refractivity contribution >= 4 is 0 Å². The van der Waals surface area contributed by atoms with Gasteiger partial charge in [-0.15, -0.1) is 5.10 Å². The fourth-order valence-corrected chi connectivity index (χ4v) is 2.17. The molecule has 0 radical (unpaired) electrons. The van der Waals surface area contributed by atoms with Crippen LogP contribution in [0.3, 0.4) is 0 Å². The Morgan fingerprint density at radius 3 is 2.84 bits per heavy atom. The van der Waals surface area contributed by atoms with E-state index in [-0.39, 0.29) is 0 Å². The summed E-state index contributed by atoms with van der Waals surface area (Å²) >= 11 is 0. The van der Waals surface area contributed by atoms with Crippen LogP contribution in [-0.4, -0.2) is 32.6 Å². The number of pyridine rings is 1. The minimum atomic E-state index is 0.420. The van der Waals surface area contributed by atoms with E-state index < -0.39 is 0 Å². The van der Waals surface area contributed by atoms with Gasteiger partial charge in [0.05, 0.1) is 5.69 Å². The summed E-state index contributed by atoms with van der Waals surface area (Å²) in [6.07, 6.45) is 6.78. The van der Waals surface area contributed by atoms with Gasteiger partial charge in [0.25, 0.3) is 0 Å². The Bertz CT molecular complexity index is 480. The topological polar surface area (TPSA) is 55.6 Å². The minimum absolute atomic E-state index is 0.420. The molecule has 0 aromatic carbocycles. The van der Waals surface area contributed by atoms with Crippen molar-refractivity contribution in [3.8, 4) is 0 Å². The van der Waals surface area contributed by atoms with Gasteiger partial charge in [-0.1, -0.05) is 18.2 Å². The normalized spacial score (nSPS) is 12.5. The molecule has 1 atom stereocenters. The van der Waals surface area contributed by atoms with Crippen LogP contribution in [0.15, 0.2) is 30.6 Å². The summed E-state index contributed by atoms with van der Waals surface area (Å²) in [6.45, 7) is 3.09. The third-order valence-electron chi connectivity index (χ3n) is 3.07. The van der Waals surface area contributed by atoms with Crippen LogP contribution < -0.4 is 5.32 Å². The second-order valence-electron chi connectivity index (χ2n) is 4.70. The molecule has 0 aliphatic heterocycles. The maximum Gasteiger partial charge on any atom is 0.0842 e. The van der Waals surface area contributed by atoms with Crippen LogP contribution in [0.1, 0.15) is 24.7 Å². The molecule has 0 fully saturated rings. The van der Waals surface area contributed by atoms with E-state index in [9.17, 15) is 0 Å². The van der Waals surface area contributed by atoms with Gasteiger partial charge in [-0.25, -0.2) is 0 Å². The van der Waals surface area contributed by atoms with E-state index in [1.165, 1.54) is 0 Å². The standard InChI is InChI=1S/C14H21N5/c1-3-15-13(10-14-11-19(2)18-17-14)8-7-12-6-4-5-9-16-12/h4-6,9,11,13,15H,3,7-8,10H2,1-2H3. The van der Waals surface area contributed by atoms with Crippen LogP contribution in [0, 0.1) is 0 Å². The molecule has 2 aromatic rings. The second kappa shape index (κ2) is 6.99. The molecule has 1 unspecified atom stereocenters. The van der Waals surface area contributed by atoms with Crippen molar-refractivity contribution in [1.29, 1.82) is 0 Å². The maximum absolute atomic E-state index is 4.36. The number of rotatable bonds is 7. The number of aryl methyl sites for hydroxylation is 2.